The van der Waals surface area contributed by atoms with E-state index in [-0.39, 0.29) is 11.2 Å². The van der Waals surface area contributed by atoms with E-state index >= 15 is 0 Å². The molecule has 1 aliphatic heterocycles. The van der Waals surface area contributed by atoms with Crippen LogP contribution in [0.4, 0.5) is 0 Å². The fourth-order valence-electron chi connectivity index (χ4n) is 3.95. The van der Waals surface area contributed by atoms with Gasteiger partial charge < -0.3 is 4.74 Å². The first-order valence-electron chi connectivity index (χ1n) is 10.3. The van der Waals surface area contributed by atoms with E-state index < -0.39 is 0 Å². The van der Waals surface area contributed by atoms with E-state index in [0.717, 1.165) is 0 Å². The van der Waals surface area contributed by atoms with Crippen LogP contribution in [0.15, 0.2) is 0 Å². The van der Waals surface area contributed by atoms with Crippen LogP contribution in [0.1, 0.15) is 124 Å². The van der Waals surface area contributed by atoms with Gasteiger partial charge in [0.1, 0.15) is 0 Å². The minimum atomic E-state index is 0.154. The molecule has 1 heterocycles. The Kier molecular flexibility index (Phi) is 9.71. The Bertz CT molecular complexity index is 271. The Morgan fingerprint density at radius 1 is 0.545 bits per heavy atom. The van der Waals surface area contributed by atoms with Crippen LogP contribution in [0.25, 0.3) is 0 Å². The Labute approximate surface area is 140 Å². The lowest BCUT2D eigenvalue weighted by atomic mass is 9.86. The quantitative estimate of drug-likeness (QED) is 0.226. The molecule has 1 unspecified atom stereocenters. The Morgan fingerprint density at radius 3 is 1.32 bits per heavy atom. The van der Waals surface area contributed by atoms with Crippen molar-refractivity contribution in [2.45, 2.75) is 135 Å². The zero-order valence-corrected chi connectivity index (χ0v) is 16.0. The molecule has 0 aliphatic carbocycles. The van der Waals surface area contributed by atoms with E-state index in [1.165, 1.54) is 96.3 Å². The smallest absolute Gasteiger partial charge is 0.0974 e. The molecule has 132 valence electrons. The van der Waals surface area contributed by atoms with Gasteiger partial charge in [-0.15, -0.1) is 0 Å². The lowest BCUT2D eigenvalue weighted by molar-refractivity contribution is 0.249. The minimum Gasteiger partial charge on any atom is -0.363 e. The molecule has 1 fully saturated rings. The summed E-state index contributed by atoms with van der Waals surface area (Å²) in [6, 6.07) is 0. The van der Waals surface area contributed by atoms with Crippen molar-refractivity contribution in [3.63, 3.8) is 0 Å². The summed E-state index contributed by atoms with van der Waals surface area (Å²) in [5, 5.41) is 0. The van der Waals surface area contributed by atoms with E-state index in [2.05, 4.69) is 27.7 Å². The molecule has 1 rings (SSSR count). The van der Waals surface area contributed by atoms with Crippen LogP contribution in [0.2, 0.25) is 0 Å². The topological polar surface area (TPSA) is 12.5 Å². The predicted molar refractivity (Wildman–Crippen MR) is 98.5 cm³/mol. The molecule has 0 aromatic heterocycles. The lowest BCUT2D eigenvalue weighted by Crippen LogP contribution is -2.20. The third-order valence-corrected chi connectivity index (χ3v) is 5.59. The first kappa shape index (κ1) is 20.0. The van der Waals surface area contributed by atoms with Gasteiger partial charge in [-0.1, -0.05) is 97.3 Å². The van der Waals surface area contributed by atoms with Crippen molar-refractivity contribution >= 4 is 0 Å². The summed E-state index contributed by atoms with van der Waals surface area (Å²) < 4.78 is 6.03. The van der Waals surface area contributed by atoms with Gasteiger partial charge in [-0.05, 0) is 26.7 Å². The second-order valence-corrected chi connectivity index (χ2v) is 8.00. The van der Waals surface area contributed by atoms with Crippen LogP contribution in [-0.2, 0) is 4.74 Å². The predicted octanol–water partition coefficient (Wildman–Crippen LogP) is 7.43. The zero-order valence-electron chi connectivity index (χ0n) is 16.0. The van der Waals surface area contributed by atoms with Crippen LogP contribution in [0.5, 0.6) is 0 Å². The normalized spacial score (nSPS) is 22.9. The number of rotatable bonds is 15. The molecule has 1 aliphatic rings. The Morgan fingerprint density at radius 2 is 0.955 bits per heavy atom. The summed E-state index contributed by atoms with van der Waals surface area (Å²) in [6.07, 6.45) is 21.0. The zero-order chi connectivity index (χ0) is 16.3. The molecule has 1 saturated heterocycles. The molecule has 0 saturated carbocycles. The molecule has 0 radical (unpaired) electrons. The van der Waals surface area contributed by atoms with Gasteiger partial charge in [-0.3, -0.25) is 0 Å². The monoisotopic (exact) mass is 310 g/mol. The highest BCUT2D eigenvalue weighted by Crippen LogP contribution is 2.53. The maximum Gasteiger partial charge on any atom is 0.0974 e. The summed E-state index contributed by atoms with van der Waals surface area (Å²) in [6.45, 7) is 9.11. The molecule has 0 N–H and O–H groups in total. The first-order valence-corrected chi connectivity index (χ1v) is 10.3. The van der Waals surface area contributed by atoms with Crippen molar-refractivity contribution in [1.29, 1.82) is 0 Å². The number of epoxide rings is 1. The minimum absolute atomic E-state index is 0.154. The van der Waals surface area contributed by atoms with Crippen molar-refractivity contribution in [2.75, 3.05) is 0 Å². The molecule has 0 aromatic carbocycles. The maximum absolute atomic E-state index is 6.03. The van der Waals surface area contributed by atoms with Gasteiger partial charge >= 0.3 is 0 Å². The first-order chi connectivity index (χ1) is 10.6. The van der Waals surface area contributed by atoms with Gasteiger partial charge in [-0.25, -0.2) is 0 Å². The maximum atomic E-state index is 6.03. The molecular formula is C21H42O. The Hall–Kier alpha value is -0.0400. The molecule has 0 bridgehead atoms. The summed E-state index contributed by atoms with van der Waals surface area (Å²) in [4.78, 5) is 0. The van der Waals surface area contributed by atoms with Crippen LogP contribution >= 0.6 is 0 Å². The fraction of sp³-hybridized carbons (Fsp3) is 1.00. The highest BCUT2D eigenvalue weighted by atomic mass is 16.6. The van der Waals surface area contributed by atoms with E-state index in [1.807, 2.05) is 0 Å². The van der Waals surface area contributed by atoms with Crippen LogP contribution < -0.4 is 0 Å². The van der Waals surface area contributed by atoms with Crippen molar-refractivity contribution in [1.82, 2.24) is 0 Å². The average Bonchev–Trinajstić information content (AvgIpc) is 3.01. The van der Waals surface area contributed by atoms with Crippen LogP contribution in [0, 0.1) is 0 Å². The second-order valence-electron chi connectivity index (χ2n) is 8.00. The van der Waals surface area contributed by atoms with E-state index in [1.54, 1.807) is 0 Å². The van der Waals surface area contributed by atoms with E-state index in [4.69, 9.17) is 4.74 Å². The average molecular weight is 311 g/mol. The standard InChI is InChI=1S/C21H42O/c1-5-7-8-9-10-11-12-13-14-15-16-17-19-21(18-6-2)20(3,4)22-21/h5-19H2,1-4H3. The molecule has 1 heteroatoms. The van der Waals surface area contributed by atoms with Gasteiger partial charge in [-0.2, -0.15) is 0 Å². The van der Waals surface area contributed by atoms with Gasteiger partial charge in [0.2, 0.25) is 0 Å². The molecule has 0 spiro atoms. The second kappa shape index (κ2) is 10.7. The summed E-state index contributed by atoms with van der Waals surface area (Å²) >= 11 is 0. The van der Waals surface area contributed by atoms with Gasteiger partial charge in [0.25, 0.3) is 0 Å². The Balaban J connectivity index is 1.86. The van der Waals surface area contributed by atoms with Crippen LogP contribution in [-0.4, -0.2) is 11.2 Å². The molecule has 1 nitrogen and oxygen atoms in total. The van der Waals surface area contributed by atoms with Crippen molar-refractivity contribution < 1.29 is 4.74 Å². The lowest BCUT2D eigenvalue weighted by Gasteiger charge is -2.13. The molecule has 0 aromatic rings. The molecule has 22 heavy (non-hydrogen) atoms. The molecular weight excluding hydrogens is 268 g/mol. The number of unbranched alkanes of at least 4 members (excludes halogenated alkanes) is 11. The van der Waals surface area contributed by atoms with E-state index in [9.17, 15) is 0 Å². The van der Waals surface area contributed by atoms with Crippen molar-refractivity contribution in [3.8, 4) is 0 Å². The third kappa shape index (κ3) is 7.02. The van der Waals surface area contributed by atoms with Gasteiger partial charge in [0, 0.05) is 0 Å². The number of ether oxygens (including phenoxy) is 1. The fourth-order valence-corrected chi connectivity index (χ4v) is 3.95. The van der Waals surface area contributed by atoms with Crippen molar-refractivity contribution in [2.24, 2.45) is 0 Å². The summed E-state index contributed by atoms with van der Waals surface area (Å²) in [7, 11) is 0. The van der Waals surface area contributed by atoms with Crippen molar-refractivity contribution in [3.05, 3.63) is 0 Å². The summed E-state index contributed by atoms with van der Waals surface area (Å²) in [5.74, 6) is 0. The van der Waals surface area contributed by atoms with Gasteiger partial charge in [0.15, 0.2) is 0 Å². The summed E-state index contributed by atoms with van der Waals surface area (Å²) in [5.41, 5.74) is 0.390. The largest absolute Gasteiger partial charge is 0.363 e. The third-order valence-electron chi connectivity index (χ3n) is 5.59. The van der Waals surface area contributed by atoms with Gasteiger partial charge in [0.05, 0.1) is 11.2 Å². The highest BCUT2D eigenvalue weighted by molar-refractivity contribution is 5.09. The molecule has 1 atom stereocenters. The highest BCUT2D eigenvalue weighted by Gasteiger charge is 2.61. The number of hydrogen-bond acceptors (Lipinski definition) is 1. The van der Waals surface area contributed by atoms with E-state index in [0.29, 0.717) is 0 Å². The van der Waals surface area contributed by atoms with Crippen LogP contribution in [0.3, 0.4) is 0 Å². The SMILES string of the molecule is CCCCCCCCCCCCCCC1(CCC)OC1(C)C. The number of hydrogen-bond donors (Lipinski definition) is 0. The molecule has 0 amide bonds.